The van der Waals surface area contributed by atoms with Crippen LogP contribution in [0.25, 0.3) is 0 Å². The first-order valence-corrected chi connectivity index (χ1v) is 7.43. The molecule has 0 aliphatic carbocycles. The third-order valence-electron chi connectivity index (χ3n) is 2.97. The smallest absolute Gasteiger partial charge is 0.350 e. The lowest BCUT2D eigenvalue weighted by atomic mass is 10.1. The summed E-state index contributed by atoms with van der Waals surface area (Å²) in [7, 11) is 0. The van der Waals surface area contributed by atoms with Gasteiger partial charge in [-0.2, -0.15) is 0 Å². The topological polar surface area (TPSA) is 114 Å². The van der Waals surface area contributed by atoms with Gasteiger partial charge in [0.25, 0.3) is 0 Å². The summed E-state index contributed by atoms with van der Waals surface area (Å²) in [5.41, 5.74) is 6.86. The zero-order chi connectivity index (χ0) is 14.3. The van der Waals surface area contributed by atoms with Gasteiger partial charge in [-0.05, 0) is 37.9 Å². The Morgan fingerprint density at radius 3 is 2.90 bits per heavy atom. The molecule has 9 heteroatoms. The summed E-state index contributed by atoms with van der Waals surface area (Å²) in [6, 6.07) is 1.86. The fourth-order valence-corrected chi connectivity index (χ4v) is 2.62. The Hall–Kier alpha value is -1.32. The summed E-state index contributed by atoms with van der Waals surface area (Å²) in [5, 5.41) is 10.2. The largest absolute Gasteiger partial charge is 0.468 e. The molecule has 1 aliphatic rings. The molecular formula is C11H12Br2N5O2+. The van der Waals surface area contributed by atoms with Crippen LogP contribution in [0.1, 0.15) is 17.5 Å². The van der Waals surface area contributed by atoms with Crippen molar-refractivity contribution in [3.05, 3.63) is 32.7 Å². The van der Waals surface area contributed by atoms with E-state index in [1.807, 2.05) is 6.07 Å². The SMILES string of the molecule is Nc1[nH]c([C@@H](O)[C@@H]2CN=C(c3cc(Br)c(Br)[nH]3)O2)c[nH+]1. The van der Waals surface area contributed by atoms with Gasteiger partial charge in [-0.3, -0.25) is 5.73 Å². The maximum absolute atomic E-state index is 10.2. The van der Waals surface area contributed by atoms with Gasteiger partial charge in [0, 0.05) is 0 Å². The molecule has 3 rings (SSSR count). The van der Waals surface area contributed by atoms with Crippen molar-refractivity contribution in [2.75, 3.05) is 12.3 Å². The summed E-state index contributed by atoms with van der Waals surface area (Å²) in [4.78, 5) is 13.0. The molecule has 0 saturated carbocycles. The molecule has 1 aliphatic heterocycles. The molecule has 0 saturated heterocycles. The number of aliphatic hydroxyl groups excluding tert-OH is 1. The second kappa shape index (κ2) is 5.23. The monoisotopic (exact) mass is 404 g/mol. The number of hydrogen-bond donors (Lipinski definition) is 4. The van der Waals surface area contributed by atoms with Crippen molar-refractivity contribution in [3.63, 3.8) is 0 Å². The fourth-order valence-electron chi connectivity index (χ4n) is 1.97. The number of nitrogens with one attached hydrogen (secondary N) is 3. The zero-order valence-electron chi connectivity index (χ0n) is 10.2. The molecule has 106 valence electrons. The van der Waals surface area contributed by atoms with Crippen LogP contribution in [0.2, 0.25) is 0 Å². The Balaban J connectivity index is 1.72. The Kier molecular flexibility index (Phi) is 3.57. The normalized spacial score (nSPS) is 19.8. The first-order valence-electron chi connectivity index (χ1n) is 5.84. The molecule has 0 aromatic carbocycles. The second-order valence-electron chi connectivity index (χ2n) is 4.37. The van der Waals surface area contributed by atoms with E-state index in [4.69, 9.17) is 10.5 Å². The maximum atomic E-state index is 10.2. The number of nitrogen functional groups attached to an aromatic ring is 1. The van der Waals surface area contributed by atoms with Gasteiger partial charge >= 0.3 is 5.95 Å². The predicted octanol–water partition coefficient (Wildman–Crippen LogP) is 1.14. The van der Waals surface area contributed by atoms with Gasteiger partial charge in [-0.25, -0.2) is 15.0 Å². The van der Waals surface area contributed by atoms with Crippen LogP contribution in [0.3, 0.4) is 0 Å². The minimum atomic E-state index is -0.827. The Bertz CT molecular complexity index is 646. The van der Waals surface area contributed by atoms with Gasteiger partial charge in [0.1, 0.15) is 17.5 Å². The van der Waals surface area contributed by atoms with Crippen molar-refractivity contribution in [1.29, 1.82) is 0 Å². The van der Waals surface area contributed by atoms with E-state index in [0.29, 0.717) is 24.1 Å². The highest BCUT2D eigenvalue weighted by Crippen LogP contribution is 2.27. The number of aliphatic imine (C=N–C) groups is 1. The van der Waals surface area contributed by atoms with Crippen LogP contribution in [0, 0.1) is 0 Å². The molecule has 0 bridgehead atoms. The lowest BCUT2D eigenvalue weighted by molar-refractivity contribution is -0.358. The standard InChI is InChI=1S/C11H11Br2N5O2/c12-4-1-5(17-9(4)13)10-15-3-7(20-10)8(19)6-2-16-11(14)18-6/h1-2,7-8,17,19H,3H2,(H3,14,16,18)/p+1/t7-,8+/m0/s1. The second-order valence-corrected chi connectivity index (χ2v) is 6.02. The third kappa shape index (κ3) is 2.48. The molecule has 0 unspecified atom stereocenters. The number of nitrogens with zero attached hydrogens (tertiary/aromatic N) is 1. The van der Waals surface area contributed by atoms with Gasteiger partial charge < -0.3 is 14.8 Å². The first-order chi connectivity index (χ1) is 9.54. The lowest BCUT2D eigenvalue weighted by Gasteiger charge is -2.14. The summed E-state index contributed by atoms with van der Waals surface area (Å²) in [6.07, 6.45) is 0.340. The number of aromatic nitrogens is 3. The van der Waals surface area contributed by atoms with Crippen LogP contribution < -0.4 is 10.7 Å². The quantitative estimate of drug-likeness (QED) is 0.613. The number of hydrogen-bond acceptors (Lipinski definition) is 4. The molecular weight excluding hydrogens is 394 g/mol. The zero-order valence-corrected chi connectivity index (χ0v) is 13.3. The van der Waals surface area contributed by atoms with Crippen LogP contribution in [-0.4, -0.2) is 33.6 Å². The molecule has 0 amide bonds. The van der Waals surface area contributed by atoms with Crippen LogP contribution in [-0.2, 0) is 4.74 Å². The highest BCUT2D eigenvalue weighted by atomic mass is 79.9. The number of rotatable bonds is 3. The first kappa shape index (κ1) is 13.7. The average molecular weight is 406 g/mol. The number of aromatic amines is 3. The number of nitrogens with two attached hydrogens (primary N) is 1. The Morgan fingerprint density at radius 2 is 2.30 bits per heavy atom. The van der Waals surface area contributed by atoms with E-state index in [9.17, 15) is 5.11 Å². The summed E-state index contributed by atoms with van der Waals surface area (Å²) < 4.78 is 7.39. The molecule has 0 spiro atoms. The minimum Gasteiger partial charge on any atom is -0.468 e. The third-order valence-corrected chi connectivity index (χ3v) is 4.75. The molecule has 2 atom stereocenters. The molecule has 20 heavy (non-hydrogen) atoms. The summed E-state index contributed by atoms with van der Waals surface area (Å²) >= 11 is 6.75. The van der Waals surface area contributed by atoms with Crippen LogP contribution >= 0.6 is 31.9 Å². The number of anilines is 1. The van der Waals surface area contributed by atoms with Crippen LogP contribution in [0.5, 0.6) is 0 Å². The molecule has 3 heterocycles. The van der Waals surface area contributed by atoms with E-state index in [2.05, 4.69) is 51.8 Å². The molecule has 2 aromatic rings. The van der Waals surface area contributed by atoms with Crippen molar-refractivity contribution in [1.82, 2.24) is 9.97 Å². The summed E-state index contributed by atoms with van der Waals surface area (Å²) in [6.45, 7) is 0.379. The van der Waals surface area contributed by atoms with Crippen LogP contribution in [0.4, 0.5) is 5.95 Å². The molecule has 2 aromatic heterocycles. The molecule has 0 radical (unpaired) electrons. The number of halogens is 2. The van der Waals surface area contributed by atoms with Crippen molar-refractivity contribution in [2.24, 2.45) is 4.99 Å². The molecule has 6 N–H and O–H groups in total. The number of H-pyrrole nitrogens is 3. The molecule has 0 fully saturated rings. The predicted molar refractivity (Wildman–Crippen MR) is 79.2 cm³/mol. The van der Waals surface area contributed by atoms with E-state index >= 15 is 0 Å². The van der Waals surface area contributed by atoms with Crippen molar-refractivity contribution in [2.45, 2.75) is 12.2 Å². The highest BCUT2D eigenvalue weighted by molar-refractivity contribution is 9.13. The van der Waals surface area contributed by atoms with E-state index in [1.165, 1.54) is 0 Å². The van der Waals surface area contributed by atoms with Gasteiger partial charge in [0.15, 0.2) is 6.10 Å². The van der Waals surface area contributed by atoms with E-state index < -0.39 is 12.2 Å². The van der Waals surface area contributed by atoms with Crippen molar-refractivity contribution < 1.29 is 14.8 Å². The lowest BCUT2D eigenvalue weighted by Crippen LogP contribution is -2.23. The number of imidazole rings is 1. The van der Waals surface area contributed by atoms with Gasteiger partial charge in [0.2, 0.25) is 5.90 Å². The Morgan fingerprint density at radius 1 is 1.50 bits per heavy atom. The number of ether oxygens (including phenoxy) is 1. The fraction of sp³-hybridized carbons (Fsp3) is 0.273. The average Bonchev–Trinajstić information content (AvgIpc) is 3.10. The molecule has 7 nitrogen and oxygen atoms in total. The highest BCUT2D eigenvalue weighted by Gasteiger charge is 2.32. The number of aliphatic hydroxyl groups is 1. The van der Waals surface area contributed by atoms with Crippen molar-refractivity contribution >= 4 is 43.7 Å². The van der Waals surface area contributed by atoms with Gasteiger partial charge in [-0.1, -0.05) is 0 Å². The van der Waals surface area contributed by atoms with Gasteiger partial charge in [0.05, 0.1) is 21.8 Å². The summed E-state index contributed by atoms with van der Waals surface area (Å²) in [5.74, 6) is 0.861. The van der Waals surface area contributed by atoms with Crippen molar-refractivity contribution in [3.8, 4) is 0 Å². The minimum absolute atomic E-state index is 0.379. The van der Waals surface area contributed by atoms with E-state index in [0.717, 1.165) is 14.8 Å². The van der Waals surface area contributed by atoms with Crippen LogP contribution in [0.15, 0.2) is 26.3 Å². The van der Waals surface area contributed by atoms with E-state index in [-0.39, 0.29) is 0 Å². The Labute approximate surface area is 130 Å². The van der Waals surface area contributed by atoms with E-state index in [1.54, 1.807) is 6.20 Å². The maximum Gasteiger partial charge on any atom is 0.350 e. The van der Waals surface area contributed by atoms with Gasteiger partial charge in [-0.15, -0.1) is 0 Å².